The average molecular weight is 401 g/mol. The number of unbranched alkanes of at least 4 members (excludes halogenated alkanes) is 1. The second-order valence-corrected chi connectivity index (χ2v) is 7.97. The first-order valence-electron chi connectivity index (χ1n) is 10.7. The number of fused-ring (bicyclic) bond motifs is 1. The Labute approximate surface area is 177 Å². The van der Waals surface area contributed by atoms with Crippen molar-refractivity contribution in [2.45, 2.75) is 38.5 Å². The Morgan fingerprint density at radius 1 is 0.767 bits per heavy atom. The molecule has 0 heterocycles. The van der Waals surface area contributed by atoms with Gasteiger partial charge in [0, 0.05) is 5.56 Å². The topological polar surface area (TPSA) is 0 Å². The van der Waals surface area contributed by atoms with E-state index in [1.165, 1.54) is 28.5 Å². The van der Waals surface area contributed by atoms with Crippen molar-refractivity contribution < 1.29 is 8.78 Å². The Balaban J connectivity index is 1.63. The van der Waals surface area contributed by atoms with Gasteiger partial charge in [-0.3, -0.25) is 0 Å². The van der Waals surface area contributed by atoms with Crippen molar-refractivity contribution in [1.29, 1.82) is 0 Å². The van der Waals surface area contributed by atoms with Crippen molar-refractivity contribution in [1.82, 2.24) is 0 Å². The van der Waals surface area contributed by atoms with E-state index >= 15 is 0 Å². The maximum atomic E-state index is 15.0. The molecule has 1 unspecified atom stereocenters. The van der Waals surface area contributed by atoms with E-state index in [1.807, 2.05) is 6.07 Å². The van der Waals surface area contributed by atoms with Crippen molar-refractivity contribution in [3.05, 3.63) is 108 Å². The molecule has 0 fully saturated rings. The lowest BCUT2D eigenvalue weighted by Gasteiger charge is -2.19. The van der Waals surface area contributed by atoms with Gasteiger partial charge in [-0.2, -0.15) is 0 Å². The summed E-state index contributed by atoms with van der Waals surface area (Å²) in [5.74, 6) is -0.395. The number of hydrogen-bond donors (Lipinski definition) is 0. The standard InChI is InChI=1S/C28H26F2/c1-2-3-7-23(17-20-12-13-21-8-4-5-9-22(21)16-20)24-14-15-27(28(30)19-24)25-10-6-11-26(29)18-25/h4-6,8-16,18-19,23H,2-3,7,17H2,1H3. The van der Waals surface area contributed by atoms with Crippen LogP contribution in [-0.2, 0) is 6.42 Å². The molecule has 0 spiro atoms. The van der Waals surface area contributed by atoms with Crippen molar-refractivity contribution in [2.75, 3.05) is 0 Å². The highest BCUT2D eigenvalue weighted by atomic mass is 19.1. The zero-order chi connectivity index (χ0) is 20.9. The summed E-state index contributed by atoms with van der Waals surface area (Å²) in [4.78, 5) is 0. The Bertz CT molecular complexity index is 1150. The lowest BCUT2D eigenvalue weighted by atomic mass is 9.86. The van der Waals surface area contributed by atoms with Crippen molar-refractivity contribution in [3.63, 3.8) is 0 Å². The first kappa shape index (κ1) is 20.3. The quantitative estimate of drug-likeness (QED) is 0.293. The summed E-state index contributed by atoms with van der Waals surface area (Å²) >= 11 is 0. The molecule has 0 nitrogen and oxygen atoms in total. The Hall–Kier alpha value is -3.00. The maximum Gasteiger partial charge on any atom is 0.131 e. The molecule has 0 aliphatic carbocycles. The minimum atomic E-state index is -0.354. The minimum absolute atomic E-state index is 0.252. The fourth-order valence-electron chi connectivity index (χ4n) is 4.16. The number of rotatable bonds is 7. The van der Waals surface area contributed by atoms with Gasteiger partial charge in [-0.25, -0.2) is 8.78 Å². The highest BCUT2D eigenvalue weighted by Gasteiger charge is 2.16. The van der Waals surface area contributed by atoms with Gasteiger partial charge in [0.25, 0.3) is 0 Å². The summed E-state index contributed by atoms with van der Waals surface area (Å²) in [7, 11) is 0. The summed E-state index contributed by atoms with van der Waals surface area (Å²) in [5.41, 5.74) is 3.29. The summed E-state index contributed by atoms with van der Waals surface area (Å²) in [6, 6.07) is 26.5. The van der Waals surface area contributed by atoms with E-state index in [1.54, 1.807) is 24.3 Å². The molecule has 4 rings (SSSR count). The first-order chi connectivity index (χ1) is 14.6. The molecular formula is C28H26F2. The van der Waals surface area contributed by atoms with Crippen LogP contribution < -0.4 is 0 Å². The summed E-state index contributed by atoms with van der Waals surface area (Å²) in [5, 5.41) is 2.47. The minimum Gasteiger partial charge on any atom is -0.207 e. The van der Waals surface area contributed by atoms with Gasteiger partial charge in [-0.1, -0.05) is 86.5 Å². The van der Waals surface area contributed by atoms with Crippen LogP contribution in [-0.4, -0.2) is 0 Å². The second-order valence-electron chi connectivity index (χ2n) is 7.97. The van der Waals surface area contributed by atoms with E-state index in [2.05, 4.69) is 49.4 Å². The Morgan fingerprint density at radius 3 is 2.37 bits per heavy atom. The predicted octanol–water partition coefficient (Wildman–Crippen LogP) is 8.30. The van der Waals surface area contributed by atoms with E-state index in [-0.39, 0.29) is 17.6 Å². The fourth-order valence-corrected chi connectivity index (χ4v) is 4.16. The van der Waals surface area contributed by atoms with Crippen LogP contribution in [0.4, 0.5) is 8.78 Å². The third kappa shape index (κ3) is 4.59. The van der Waals surface area contributed by atoms with Crippen LogP contribution in [0.2, 0.25) is 0 Å². The predicted molar refractivity (Wildman–Crippen MR) is 122 cm³/mol. The molecule has 0 aliphatic heterocycles. The Kier molecular flexibility index (Phi) is 6.23. The lowest BCUT2D eigenvalue weighted by Crippen LogP contribution is -2.04. The molecule has 4 aromatic rings. The van der Waals surface area contributed by atoms with Gasteiger partial charge >= 0.3 is 0 Å². The molecule has 1 atom stereocenters. The van der Waals surface area contributed by atoms with Gasteiger partial charge in [0.1, 0.15) is 11.6 Å². The van der Waals surface area contributed by atoms with Gasteiger partial charge in [-0.05, 0) is 64.4 Å². The van der Waals surface area contributed by atoms with Crippen LogP contribution in [0, 0.1) is 11.6 Å². The van der Waals surface area contributed by atoms with Crippen LogP contribution in [0.5, 0.6) is 0 Å². The molecule has 0 aromatic heterocycles. The van der Waals surface area contributed by atoms with E-state index in [9.17, 15) is 8.78 Å². The van der Waals surface area contributed by atoms with E-state index < -0.39 is 0 Å². The zero-order valence-electron chi connectivity index (χ0n) is 17.2. The molecule has 0 bridgehead atoms. The summed E-state index contributed by atoms with van der Waals surface area (Å²) in [6.45, 7) is 2.18. The maximum absolute atomic E-state index is 15.0. The SMILES string of the molecule is CCCCC(Cc1ccc2ccccc2c1)c1ccc(-c2cccc(F)c2)c(F)c1. The largest absolute Gasteiger partial charge is 0.207 e. The summed E-state index contributed by atoms with van der Waals surface area (Å²) in [6.07, 6.45) is 4.11. The van der Waals surface area contributed by atoms with Gasteiger partial charge in [-0.15, -0.1) is 0 Å². The normalized spacial score (nSPS) is 12.2. The van der Waals surface area contributed by atoms with E-state index in [4.69, 9.17) is 0 Å². The molecule has 0 aliphatic rings. The first-order valence-corrected chi connectivity index (χ1v) is 10.7. The van der Waals surface area contributed by atoms with Crippen LogP contribution in [0.15, 0.2) is 84.9 Å². The monoisotopic (exact) mass is 400 g/mol. The molecule has 0 saturated carbocycles. The van der Waals surface area contributed by atoms with Gasteiger partial charge in [0.2, 0.25) is 0 Å². The molecule has 0 saturated heterocycles. The summed E-state index contributed by atoms with van der Waals surface area (Å²) < 4.78 is 28.5. The fraction of sp³-hybridized carbons (Fsp3) is 0.214. The van der Waals surface area contributed by atoms with Crippen molar-refractivity contribution >= 4 is 10.8 Å². The molecule has 0 amide bonds. The highest BCUT2D eigenvalue weighted by molar-refractivity contribution is 5.83. The number of halogens is 2. The number of benzene rings is 4. The second kappa shape index (κ2) is 9.21. The van der Waals surface area contributed by atoms with Gasteiger partial charge in [0.05, 0.1) is 0 Å². The third-order valence-corrected chi connectivity index (χ3v) is 5.80. The Morgan fingerprint density at radius 2 is 1.60 bits per heavy atom. The smallest absolute Gasteiger partial charge is 0.131 e. The molecule has 0 N–H and O–H groups in total. The van der Waals surface area contributed by atoms with Crippen LogP contribution in [0.25, 0.3) is 21.9 Å². The van der Waals surface area contributed by atoms with Crippen molar-refractivity contribution in [3.8, 4) is 11.1 Å². The molecule has 30 heavy (non-hydrogen) atoms. The highest BCUT2D eigenvalue weighted by Crippen LogP contribution is 2.31. The number of hydrogen-bond acceptors (Lipinski definition) is 0. The van der Waals surface area contributed by atoms with Crippen LogP contribution in [0.3, 0.4) is 0 Å². The average Bonchev–Trinajstić information content (AvgIpc) is 2.76. The molecule has 2 heteroatoms. The van der Waals surface area contributed by atoms with Crippen LogP contribution >= 0.6 is 0 Å². The van der Waals surface area contributed by atoms with Crippen molar-refractivity contribution in [2.24, 2.45) is 0 Å². The van der Waals surface area contributed by atoms with E-state index in [0.29, 0.717) is 11.1 Å². The van der Waals surface area contributed by atoms with Crippen LogP contribution in [0.1, 0.15) is 43.2 Å². The molecular weight excluding hydrogens is 374 g/mol. The van der Waals surface area contributed by atoms with Gasteiger partial charge < -0.3 is 0 Å². The third-order valence-electron chi connectivity index (χ3n) is 5.80. The van der Waals surface area contributed by atoms with Gasteiger partial charge in [0.15, 0.2) is 0 Å². The van der Waals surface area contributed by atoms with E-state index in [0.717, 1.165) is 31.2 Å². The molecule has 152 valence electrons. The molecule has 0 radical (unpaired) electrons. The zero-order valence-corrected chi connectivity index (χ0v) is 17.2. The lowest BCUT2D eigenvalue weighted by molar-refractivity contribution is 0.572. The molecule has 4 aromatic carbocycles.